The van der Waals surface area contributed by atoms with Gasteiger partial charge >= 0.3 is 0 Å². The maximum Gasteiger partial charge on any atom is 0.186 e. The van der Waals surface area contributed by atoms with Gasteiger partial charge in [0, 0.05) is 5.02 Å². The number of nitrogens with zero attached hydrogens (tertiary/aromatic N) is 4. The molecule has 0 aliphatic carbocycles. The molecule has 19 heavy (non-hydrogen) atoms. The highest BCUT2D eigenvalue weighted by Gasteiger charge is 2.15. The van der Waals surface area contributed by atoms with E-state index < -0.39 is 0 Å². The monoisotopic (exact) mass is 274 g/mol. The zero-order valence-electron chi connectivity index (χ0n) is 11.0. The zero-order chi connectivity index (χ0) is 13.8. The van der Waals surface area contributed by atoms with Crippen LogP contribution < -0.4 is 0 Å². The molecule has 0 N–H and O–H groups in total. The first-order valence-electron chi connectivity index (χ1n) is 6.29. The summed E-state index contributed by atoms with van der Waals surface area (Å²) in [4.78, 5) is 0. The Hall–Kier alpha value is -1.86. The maximum absolute atomic E-state index is 9.11. The van der Waals surface area contributed by atoms with Gasteiger partial charge in [-0.25, -0.2) is 4.68 Å². The highest BCUT2D eigenvalue weighted by Crippen LogP contribution is 2.23. The molecular weight excluding hydrogens is 260 g/mol. The lowest BCUT2D eigenvalue weighted by molar-refractivity contribution is 0.713. The van der Waals surface area contributed by atoms with Gasteiger partial charge in [0.25, 0.3) is 0 Å². The van der Waals surface area contributed by atoms with E-state index in [4.69, 9.17) is 16.9 Å². The van der Waals surface area contributed by atoms with Gasteiger partial charge in [-0.15, -0.1) is 5.10 Å². The molecule has 0 atom stereocenters. The second-order valence-corrected chi connectivity index (χ2v) is 4.80. The lowest BCUT2D eigenvalue weighted by Crippen LogP contribution is -2.05. The van der Waals surface area contributed by atoms with Gasteiger partial charge in [0.2, 0.25) is 0 Å². The molecule has 0 amide bonds. The summed E-state index contributed by atoms with van der Waals surface area (Å²) in [5.74, 6) is 0. The molecule has 0 fully saturated rings. The van der Waals surface area contributed by atoms with E-state index in [2.05, 4.69) is 23.3 Å². The summed E-state index contributed by atoms with van der Waals surface area (Å²) in [5.41, 5.74) is 3.08. The van der Waals surface area contributed by atoms with E-state index in [1.54, 1.807) is 4.68 Å². The van der Waals surface area contributed by atoms with Crippen LogP contribution in [0, 0.1) is 18.3 Å². The molecule has 0 aliphatic heterocycles. The van der Waals surface area contributed by atoms with Gasteiger partial charge in [-0.1, -0.05) is 36.2 Å². The van der Waals surface area contributed by atoms with Crippen molar-refractivity contribution >= 4 is 11.6 Å². The molecule has 0 spiro atoms. The van der Waals surface area contributed by atoms with Crippen molar-refractivity contribution in [1.82, 2.24) is 15.0 Å². The predicted molar refractivity (Wildman–Crippen MR) is 74.4 cm³/mol. The Balaban J connectivity index is 2.53. The molecule has 98 valence electrons. The van der Waals surface area contributed by atoms with E-state index in [0.29, 0.717) is 10.7 Å². The molecule has 0 bridgehead atoms. The van der Waals surface area contributed by atoms with Crippen LogP contribution in [0.1, 0.15) is 36.7 Å². The summed E-state index contributed by atoms with van der Waals surface area (Å²) in [6.45, 7) is 4.06. The first-order chi connectivity index (χ1) is 9.19. The highest BCUT2D eigenvalue weighted by molar-refractivity contribution is 6.31. The Morgan fingerprint density at radius 3 is 2.89 bits per heavy atom. The Labute approximate surface area is 117 Å². The average molecular weight is 275 g/mol. The van der Waals surface area contributed by atoms with Crippen LogP contribution >= 0.6 is 11.6 Å². The van der Waals surface area contributed by atoms with Crippen molar-refractivity contribution in [2.45, 2.75) is 33.1 Å². The van der Waals surface area contributed by atoms with Crippen LogP contribution in [0.4, 0.5) is 0 Å². The van der Waals surface area contributed by atoms with Crippen molar-refractivity contribution in [3.63, 3.8) is 0 Å². The Kier molecular flexibility index (Phi) is 4.18. The SMILES string of the molecule is CCCCc1c(C#N)nnn1-c1cccc(Cl)c1C. The van der Waals surface area contributed by atoms with E-state index in [-0.39, 0.29) is 0 Å². The minimum Gasteiger partial charge on any atom is -0.216 e. The Morgan fingerprint density at radius 1 is 1.42 bits per heavy atom. The third-order valence-corrected chi connectivity index (χ3v) is 3.51. The fraction of sp³-hybridized carbons (Fsp3) is 0.357. The summed E-state index contributed by atoms with van der Waals surface area (Å²) in [6, 6.07) is 7.76. The number of hydrogen-bond acceptors (Lipinski definition) is 3. The summed E-state index contributed by atoms with van der Waals surface area (Å²) in [6.07, 6.45) is 2.85. The molecular formula is C14H15ClN4. The third-order valence-electron chi connectivity index (χ3n) is 3.10. The number of unbranched alkanes of at least 4 members (excludes halogenated alkanes) is 1. The number of hydrogen-bond donors (Lipinski definition) is 0. The van der Waals surface area contributed by atoms with E-state index in [1.807, 2.05) is 25.1 Å². The summed E-state index contributed by atoms with van der Waals surface area (Å²) in [5, 5.41) is 17.8. The minimum absolute atomic E-state index is 0.396. The smallest absolute Gasteiger partial charge is 0.186 e. The number of halogens is 1. The van der Waals surface area contributed by atoms with Crippen molar-refractivity contribution in [3.8, 4) is 11.8 Å². The lowest BCUT2D eigenvalue weighted by Gasteiger charge is -2.10. The lowest BCUT2D eigenvalue weighted by atomic mass is 10.1. The van der Waals surface area contributed by atoms with Crippen molar-refractivity contribution in [2.75, 3.05) is 0 Å². The quantitative estimate of drug-likeness (QED) is 0.858. The molecule has 1 heterocycles. The van der Waals surface area contributed by atoms with E-state index >= 15 is 0 Å². The van der Waals surface area contributed by atoms with Crippen molar-refractivity contribution in [1.29, 1.82) is 5.26 Å². The molecule has 0 saturated heterocycles. The average Bonchev–Trinajstić information content (AvgIpc) is 2.82. The van der Waals surface area contributed by atoms with Crippen LogP contribution in [0.5, 0.6) is 0 Å². The zero-order valence-corrected chi connectivity index (χ0v) is 11.8. The third kappa shape index (κ3) is 2.61. The van der Waals surface area contributed by atoms with Gasteiger partial charge in [0.05, 0.1) is 11.4 Å². The minimum atomic E-state index is 0.396. The van der Waals surface area contributed by atoms with Crippen molar-refractivity contribution in [3.05, 3.63) is 40.2 Å². The van der Waals surface area contributed by atoms with E-state index in [0.717, 1.165) is 36.2 Å². The molecule has 2 rings (SSSR count). The van der Waals surface area contributed by atoms with Crippen LogP contribution in [0.15, 0.2) is 18.2 Å². The molecule has 0 unspecified atom stereocenters. The second kappa shape index (κ2) is 5.85. The molecule has 1 aromatic carbocycles. The number of nitriles is 1. The summed E-state index contributed by atoms with van der Waals surface area (Å²) >= 11 is 6.13. The van der Waals surface area contributed by atoms with E-state index in [9.17, 15) is 0 Å². The second-order valence-electron chi connectivity index (χ2n) is 4.40. The fourth-order valence-electron chi connectivity index (χ4n) is 1.98. The number of aromatic nitrogens is 3. The molecule has 5 heteroatoms. The van der Waals surface area contributed by atoms with Crippen molar-refractivity contribution < 1.29 is 0 Å². The number of rotatable bonds is 4. The molecule has 2 aromatic rings. The first kappa shape index (κ1) is 13.6. The van der Waals surface area contributed by atoms with Crippen LogP contribution in [-0.4, -0.2) is 15.0 Å². The first-order valence-corrected chi connectivity index (χ1v) is 6.67. The maximum atomic E-state index is 9.11. The fourth-order valence-corrected chi connectivity index (χ4v) is 2.15. The number of benzene rings is 1. The van der Waals surface area contributed by atoms with Crippen LogP contribution in [0.25, 0.3) is 5.69 Å². The summed E-state index contributed by atoms with van der Waals surface area (Å²) < 4.78 is 1.73. The van der Waals surface area contributed by atoms with Crippen molar-refractivity contribution in [2.24, 2.45) is 0 Å². The standard InChI is InChI=1S/C14H15ClN4/c1-3-4-7-14-12(9-16)17-18-19(14)13-8-5-6-11(15)10(13)2/h5-6,8H,3-4,7H2,1-2H3. The molecule has 1 aromatic heterocycles. The van der Waals surface area contributed by atoms with Gasteiger partial charge in [0.1, 0.15) is 6.07 Å². The van der Waals surface area contributed by atoms with Gasteiger partial charge in [0.15, 0.2) is 5.69 Å². The van der Waals surface area contributed by atoms with Gasteiger partial charge in [-0.2, -0.15) is 5.26 Å². The topological polar surface area (TPSA) is 54.5 Å². The van der Waals surface area contributed by atoms with Gasteiger partial charge < -0.3 is 0 Å². The van der Waals surface area contributed by atoms with Crippen LogP contribution in [0.2, 0.25) is 5.02 Å². The molecule has 0 saturated carbocycles. The largest absolute Gasteiger partial charge is 0.216 e. The van der Waals surface area contributed by atoms with Crippen LogP contribution in [0.3, 0.4) is 0 Å². The predicted octanol–water partition coefficient (Wildman–Crippen LogP) is 3.44. The van der Waals surface area contributed by atoms with E-state index in [1.165, 1.54) is 0 Å². The molecule has 0 radical (unpaired) electrons. The molecule has 4 nitrogen and oxygen atoms in total. The highest BCUT2D eigenvalue weighted by atomic mass is 35.5. The normalized spacial score (nSPS) is 10.4. The van der Waals surface area contributed by atoms with Gasteiger partial charge in [-0.3, -0.25) is 0 Å². The Morgan fingerprint density at radius 2 is 2.21 bits per heavy atom. The van der Waals surface area contributed by atoms with Crippen LogP contribution in [-0.2, 0) is 6.42 Å². The Bertz CT molecular complexity index is 625. The van der Waals surface area contributed by atoms with Gasteiger partial charge in [-0.05, 0) is 37.5 Å². The molecule has 0 aliphatic rings. The summed E-state index contributed by atoms with van der Waals surface area (Å²) in [7, 11) is 0.